The van der Waals surface area contributed by atoms with E-state index in [9.17, 15) is 8.42 Å². The highest BCUT2D eigenvalue weighted by atomic mass is 32.2. The molecule has 1 N–H and O–H groups in total. The van der Waals surface area contributed by atoms with E-state index in [0.29, 0.717) is 11.6 Å². The zero-order valence-electron chi connectivity index (χ0n) is 11.2. The van der Waals surface area contributed by atoms with E-state index in [1.54, 1.807) is 11.3 Å². The average molecular weight is 295 g/mol. The van der Waals surface area contributed by atoms with Gasteiger partial charge in [0, 0.05) is 10.4 Å². The number of hydrogen-bond donors (Lipinski definition) is 1. The third-order valence-electron chi connectivity index (χ3n) is 2.79. The van der Waals surface area contributed by atoms with Crippen LogP contribution in [0.25, 0.3) is 10.4 Å². The van der Waals surface area contributed by atoms with Gasteiger partial charge in [-0.1, -0.05) is 26.0 Å². The molecule has 0 radical (unpaired) electrons. The molecule has 102 valence electrons. The van der Waals surface area contributed by atoms with Crippen molar-refractivity contribution < 1.29 is 8.42 Å². The number of benzene rings is 1. The summed E-state index contributed by atoms with van der Waals surface area (Å²) in [7, 11) is -3.27. The summed E-state index contributed by atoms with van der Waals surface area (Å²) < 4.78 is 25.5. The van der Waals surface area contributed by atoms with Gasteiger partial charge in [-0.2, -0.15) is 0 Å². The van der Waals surface area contributed by atoms with Gasteiger partial charge in [0.25, 0.3) is 0 Å². The molecule has 1 aromatic heterocycles. The minimum absolute atomic E-state index is 0.408. The number of nitrogens with one attached hydrogen (secondary N) is 1. The second-order valence-corrected chi connectivity index (χ2v) is 7.51. The van der Waals surface area contributed by atoms with E-state index in [4.69, 9.17) is 0 Å². The number of hydrogen-bond acceptors (Lipinski definition) is 3. The normalized spacial score (nSPS) is 11.8. The Morgan fingerprint density at radius 2 is 1.95 bits per heavy atom. The van der Waals surface area contributed by atoms with Gasteiger partial charge >= 0.3 is 0 Å². The standard InChI is InChI=1S/C14H17NO2S2/c1-10(2)11-6-7-13(15-19(3,16)17)12(9-11)14-5-4-8-18-14/h4-10,15H,1-3H3. The molecule has 0 aliphatic rings. The van der Waals surface area contributed by atoms with E-state index in [0.717, 1.165) is 10.4 Å². The Bertz CT molecular complexity index is 659. The first-order valence-corrected chi connectivity index (χ1v) is 8.79. The van der Waals surface area contributed by atoms with Crippen LogP contribution < -0.4 is 4.72 Å². The quantitative estimate of drug-likeness (QED) is 0.929. The fraction of sp³-hybridized carbons (Fsp3) is 0.286. The maximum atomic E-state index is 11.4. The summed E-state index contributed by atoms with van der Waals surface area (Å²) in [5.41, 5.74) is 2.77. The monoisotopic (exact) mass is 295 g/mol. The molecule has 1 aromatic carbocycles. The van der Waals surface area contributed by atoms with E-state index in [1.807, 2.05) is 29.6 Å². The van der Waals surface area contributed by atoms with Crippen molar-refractivity contribution in [2.24, 2.45) is 0 Å². The largest absolute Gasteiger partial charge is 0.283 e. The summed E-state index contributed by atoms with van der Waals surface area (Å²) in [6.07, 6.45) is 1.17. The van der Waals surface area contributed by atoms with Crippen LogP contribution in [0, 0.1) is 0 Å². The van der Waals surface area contributed by atoms with Crippen molar-refractivity contribution in [3.05, 3.63) is 41.3 Å². The molecule has 0 atom stereocenters. The second-order valence-electron chi connectivity index (χ2n) is 4.81. The Balaban J connectivity index is 2.54. The number of anilines is 1. The lowest BCUT2D eigenvalue weighted by atomic mass is 9.99. The van der Waals surface area contributed by atoms with E-state index in [1.165, 1.54) is 11.8 Å². The topological polar surface area (TPSA) is 46.2 Å². The van der Waals surface area contributed by atoms with Gasteiger partial charge in [0.15, 0.2) is 0 Å². The summed E-state index contributed by atoms with van der Waals surface area (Å²) >= 11 is 1.60. The lowest BCUT2D eigenvalue weighted by Gasteiger charge is -2.13. The number of sulfonamides is 1. The fourth-order valence-corrected chi connectivity index (χ4v) is 3.18. The Morgan fingerprint density at radius 1 is 1.21 bits per heavy atom. The first-order valence-electron chi connectivity index (χ1n) is 6.02. The van der Waals surface area contributed by atoms with Crippen LogP contribution in [-0.2, 0) is 10.0 Å². The Hall–Kier alpha value is -1.33. The highest BCUT2D eigenvalue weighted by molar-refractivity contribution is 7.92. The van der Waals surface area contributed by atoms with Gasteiger partial charge in [-0.25, -0.2) is 8.42 Å². The SMILES string of the molecule is CC(C)c1ccc(NS(C)(=O)=O)c(-c2cccs2)c1. The van der Waals surface area contributed by atoms with Gasteiger partial charge < -0.3 is 0 Å². The maximum Gasteiger partial charge on any atom is 0.229 e. The molecule has 0 fully saturated rings. The number of rotatable bonds is 4. The molecule has 0 unspecified atom stereocenters. The molecule has 3 nitrogen and oxygen atoms in total. The van der Waals surface area contributed by atoms with E-state index < -0.39 is 10.0 Å². The number of thiophene rings is 1. The van der Waals surface area contributed by atoms with Gasteiger partial charge in [0.2, 0.25) is 10.0 Å². The molecule has 0 saturated heterocycles. The van der Waals surface area contributed by atoms with E-state index in [2.05, 4.69) is 24.6 Å². The summed E-state index contributed by atoms with van der Waals surface area (Å²) in [6.45, 7) is 4.24. The predicted octanol–water partition coefficient (Wildman–Crippen LogP) is 3.91. The van der Waals surface area contributed by atoms with Gasteiger partial charge in [0.05, 0.1) is 11.9 Å². The summed E-state index contributed by atoms with van der Waals surface area (Å²) in [5.74, 6) is 0.408. The summed E-state index contributed by atoms with van der Waals surface area (Å²) in [4.78, 5) is 1.06. The summed E-state index contributed by atoms with van der Waals surface area (Å²) in [6, 6.07) is 9.83. The predicted molar refractivity (Wildman–Crippen MR) is 82.3 cm³/mol. The van der Waals surface area contributed by atoms with Crippen LogP contribution in [0.15, 0.2) is 35.7 Å². The Kier molecular flexibility index (Phi) is 3.96. The average Bonchev–Trinajstić information content (AvgIpc) is 2.80. The molecule has 0 aliphatic carbocycles. The van der Waals surface area contributed by atoms with Gasteiger partial charge in [0.1, 0.15) is 0 Å². The molecule has 0 spiro atoms. The minimum Gasteiger partial charge on any atom is -0.283 e. The highest BCUT2D eigenvalue weighted by Crippen LogP contribution is 2.34. The molecule has 2 rings (SSSR count). The molecular weight excluding hydrogens is 278 g/mol. The molecule has 5 heteroatoms. The van der Waals surface area contributed by atoms with Crippen LogP contribution in [0.2, 0.25) is 0 Å². The zero-order valence-corrected chi connectivity index (χ0v) is 12.8. The first-order chi connectivity index (χ1) is 8.87. The van der Waals surface area contributed by atoms with Crippen molar-refractivity contribution in [3.63, 3.8) is 0 Å². The van der Waals surface area contributed by atoms with Gasteiger partial charge in [-0.05, 0) is 35.1 Å². The smallest absolute Gasteiger partial charge is 0.229 e. The third-order valence-corrected chi connectivity index (χ3v) is 4.29. The van der Waals surface area contributed by atoms with Gasteiger partial charge in [-0.15, -0.1) is 11.3 Å². The molecule has 0 aliphatic heterocycles. The zero-order chi connectivity index (χ0) is 14.0. The first kappa shape index (κ1) is 14.1. The molecule has 0 bridgehead atoms. The van der Waals surface area contributed by atoms with Gasteiger partial charge in [-0.3, -0.25) is 4.72 Å². The Morgan fingerprint density at radius 3 is 2.47 bits per heavy atom. The van der Waals surface area contributed by atoms with Crippen LogP contribution in [0.5, 0.6) is 0 Å². The second kappa shape index (κ2) is 5.35. The van der Waals surface area contributed by atoms with Crippen LogP contribution in [-0.4, -0.2) is 14.7 Å². The molecule has 2 aromatic rings. The minimum atomic E-state index is -3.27. The fourth-order valence-electron chi connectivity index (χ4n) is 1.85. The molecular formula is C14H17NO2S2. The summed E-state index contributed by atoms with van der Waals surface area (Å²) in [5, 5.41) is 1.99. The van der Waals surface area contributed by atoms with E-state index >= 15 is 0 Å². The highest BCUT2D eigenvalue weighted by Gasteiger charge is 2.12. The van der Waals surface area contributed by atoms with E-state index in [-0.39, 0.29) is 0 Å². The third kappa shape index (κ3) is 3.58. The lowest BCUT2D eigenvalue weighted by molar-refractivity contribution is 0.607. The van der Waals surface area contributed by atoms with Crippen LogP contribution in [0.3, 0.4) is 0 Å². The molecule has 0 saturated carbocycles. The molecule has 1 heterocycles. The van der Waals surface area contributed by atoms with Crippen molar-refractivity contribution >= 4 is 27.0 Å². The van der Waals surface area contributed by atoms with Crippen molar-refractivity contribution in [1.82, 2.24) is 0 Å². The molecule has 0 amide bonds. The molecule has 19 heavy (non-hydrogen) atoms. The van der Waals surface area contributed by atoms with Crippen molar-refractivity contribution in [1.29, 1.82) is 0 Å². The lowest BCUT2D eigenvalue weighted by Crippen LogP contribution is -2.10. The van der Waals surface area contributed by atoms with Crippen LogP contribution >= 0.6 is 11.3 Å². The van der Waals surface area contributed by atoms with Crippen molar-refractivity contribution in [2.45, 2.75) is 19.8 Å². The maximum absolute atomic E-state index is 11.4. The van der Waals surface area contributed by atoms with Crippen LogP contribution in [0.4, 0.5) is 5.69 Å². The van der Waals surface area contributed by atoms with Crippen LogP contribution in [0.1, 0.15) is 25.3 Å². The van der Waals surface area contributed by atoms with Crippen molar-refractivity contribution in [3.8, 4) is 10.4 Å². The van der Waals surface area contributed by atoms with Crippen molar-refractivity contribution in [2.75, 3.05) is 11.0 Å². The Labute approximate surface area is 118 Å².